The summed E-state index contributed by atoms with van der Waals surface area (Å²) in [5, 5.41) is 1.71. The lowest BCUT2D eigenvalue weighted by atomic mass is 10.2. The first-order valence-electron chi connectivity index (χ1n) is 6.43. The van der Waals surface area contributed by atoms with E-state index in [0.717, 1.165) is 13.1 Å². The van der Waals surface area contributed by atoms with E-state index in [4.69, 9.17) is 11.6 Å². The number of rotatable bonds is 6. The van der Waals surface area contributed by atoms with E-state index < -0.39 is 0 Å². The molecular formula is C14H24ClNSi. The SMILES string of the molecule is CCN(CC)C(Cl)C(C)(C)[SiH2]c1ccccc1. The molecular weight excluding hydrogens is 246 g/mol. The van der Waals surface area contributed by atoms with Gasteiger partial charge in [0.2, 0.25) is 0 Å². The van der Waals surface area contributed by atoms with Gasteiger partial charge in [0.1, 0.15) is 0 Å². The monoisotopic (exact) mass is 269 g/mol. The number of halogens is 1. The van der Waals surface area contributed by atoms with Crippen LogP contribution in [0.15, 0.2) is 30.3 Å². The van der Waals surface area contributed by atoms with Gasteiger partial charge < -0.3 is 0 Å². The van der Waals surface area contributed by atoms with Crippen LogP contribution in [0.1, 0.15) is 27.7 Å². The van der Waals surface area contributed by atoms with Crippen LogP contribution in [0.3, 0.4) is 0 Å². The van der Waals surface area contributed by atoms with Crippen LogP contribution in [0.5, 0.6) is 0 Å². The van der Waals surface area contributed by atoms with E-state index >= 15 is 0 Å². The van der Waals surface area contributed by atoms with Gasteiger partial charge in [-0.1, -0.05) is 63.2 Å². The molecule has 0 saturated carbocycles. The van der Waals surface area contributed by atoms with E-state index in [2.05, 4.69) is 62.9 Å². The first kappa shape index (κ1) is 14.7. The van der Waals surface area contributed by atoms with Gasteiger partial charge in [0.25, 0.3) is 0 Å². The standard InChI is InChI=1S/C14H24ClNSi/c1-5-16(6-2)13(15)14(3,4)17-12-10-8-7-9-11-12/h7-11,13H,5-6,17H2,1-4H3. The average Bonchev–Trinajstić information content (AvgIpc) is 2.31. The van der Waals surface area contributed by atoms with E-state index in [1.54, 1.807) is 0 Å². The zero-order valence-electron chi connectivity index (χ0n) is 11.4. The molecule has 0 heterocycles. The van der Waals surface area contributed by atoms with Crippen molar-refractivity contribution >= 4 is 26.3 Å². The van der Waals surface area contributed by atoms with Crippen molar-refractivity contribution in [3.05, 3.63) is 30.3 Å². The van der Waals surface area contributed by atoms with Gasteiger partial charge in [-0.2, -0.15) is 0 Å². The molecule has 0 aliphatic heterocycles. The first-order valence-corrected chi connectivity index (χ1v) is 8.28. The maximum absolute atomic E-state index is 6.65. The number of hydrogen-bond donors (Lipinski definition) is 0. The molecule has 0 bridgehead atoms. The lowest BCUT2D eigenvalue weighted by Crippen LogP contribution is -2.43. The van der Waals surface area contributed by atoms with Gasteiger partial charge in [-0.05, 0) is 18.1 Å². The second-order valence-corrected chi connectivity index (χ2v) is 8.61. The van der Waals surface area contributed by atoms with E-state index in [-0.39, 0.29) is 20.1 Å². The quantitative estimate of drug-likeness (QED) is 0.436. The highest BCUT2D eigenvalue weighted by Crippen LogP contribution is 2.34. The molecule has 3 heteroatoms. The fourth-order valence-electron chi connectivity index (χ4n) is 2.24. The number of nitrogens with zero attached hydrogens (tertiary/aromatic N) is 1. The van der Waals surface area contributed by atoms with Gasteiger partial charge in [-0.25, -0.2) is 0 Å². The third-order valence-corrected chi connectivity index (χ3v) is 6.58. The Bertz CT molecular complexity index is 322. The van der Waals surface area contributed by atoms with E-state index in [9.17, 15) is 0 Å². The highest BCUT2D eigenvalue weighted by Gasteiger charge is 2.31. The summed E-state index contributed by atoms with van der Waals surface area (Å²) < 4.78 is 0. The first-order chi connectivity index (χ1) is 8.01. The molecule has 1 aromatic rings. The Morgan fingerprint density at radius 3 is 2.18 bits per heavy atom. The predicted molar refractivity (Wildman–Crippen MR) is 81.2 cm³/mol. The van der Waals surface area contributed by atoms with Crippen LogP contribution < -0.4 is 5.19 Å². The summed E-state index contributed by atoms with van der Waals surface area (Å²) >= 11 is 6.65. The lowest BCUT2D eigenvalue weighted by molar-refractivity contribution is 0.243. The molecule has 0 fully saturated rings. The summed E-state index contributed by atoms with van der Waals surface area (Å²) in [4.78, 5) is 2.34. The fraction of sp³-hybridized carbons (Fsp3) is 0.571. The van der Waals surface area contributed by atoms with Crippen molar-refractivity contribution in [1.82, 2.24) is 4.90 Å². The molecule has 0 spiro atoms. The fourth-order valence-corrected chi connectivity index (χ4v) is 4.74. The molecule has 1 nitrogen and oxygen atoms in total. The molecule has 0 radical (unpaired) electrons. The van der Waals surface area contributed by atoms with Crippen LogP contribution in [0.2, 0.25) is 5.04 Å². The lowest BCUT2D eigenvalue weighted by Gasteiger charge is -2.37. The summed E-state index contributed by atoms with van der Waals surface area (Å²) in [5.41, 5.74) is 0.143. The molecule has 0 aromatic heterocycles. The van der Waals surface area contributed by atoms with Crippen molar-refractivity contribution in [2.24, 2.45) is 0 Å². The van der Waals surface area contributed by atoms with Crippen molar-refractivity contribution < 1.29 is 0 Å². The molecule has 17 heavy (non-hydrogen) atoms. The number of benzene rings is 1. The van der Waals surface area contributed by atoms with Gasteiger partial charge >= 0.3 is 0 Å². The van der Waals surface area contributed by atoms with Crippen molar-refractivity contribution in [2.75, 3.05) is 13.1 Å². The maximum Gasteiger partial charge on any atom is 0.0875 e. The van der Waals surface area contributed by atoms with Crippen molar-refractivity contribution in [3.8, 4) is 0 Å². The Balaban J connectivity index is 2.73. The largest absolute Gasteiger partial charge is 0.288 e. The van der Waals surface area contributed by atoms with Crippen LogP contribution in [-0.2, 0) is 0 Å². The van der Waals surface area contributed by atoms with E-state index in [0.29, 0.717) is 0 Å². The molecule has 1 aromatic carbocycles. The van der Waals surface area contributed by atoms with Gasteiger partial charge in [-0.3, -0.25) is 4.90 Å². The summed E-state index contributed by atoms with van der Waals surface area (Å²) in [6, 6.07) is 10.8. The summed E-state index contributed by atoms with van der Waals surface area (Å²) in [6.07, 6.45) is 0. The third kappa shape index (κ3) is 4.13. The Morgan fingerprint density at radius 2 is 1.71 bits per heavy atom. The van der Waals surface area contributed by atoms with Crippen LogP contribution in [0, 0.1) is 0 Å². The van der Waals surface area contributed by atoms with Gasteiger partial charge in [0.05, 0.1) is 15.0 Å². The van der Waals surface area contributed by atoms with Gasteiger partial charge in [-0.15, -0.1) is 11.6 Å². The molecule has 1 atom stereocenters. The van der Waals surface area contributed by atoms with Crippen LogP contribution in [0.4, 0.5) is 0 Å². The second-order valence-electron chi connectivity index (χ2n) is 5.21. The topological polar surface area (TPSA) is 3.24 Å². The predicted octanol–water partition coefficient (Wildman–Crippen LogP) is 2.59. The van der Waals surface area contributed by atoms with Crippen LogP contribution >= 0.6 is 11.6 Å². The van der Waals surface area contributed by atoms with Gasteiger partial charge in [0.15, 0.2) is 0 Å². The molecule has 1 rings (SSSR count). The minimum atomic E-state index is -0.366. The Kier molecular flexibility index (Phi) is 5.70. The summed E-state index contributed by atoms with van der Waals surface area (Å²) in [5.74, 6) is 0. The molecule has 0 amide bonds. The van der Waals surface area contributed by atoms with Crippen molar-refractivity contribution in [2.45, 2.75) is 38.2 Å². The highest BCUT2D eigenvalue weighted by molar-refractivity contribution is 6.58. The molecule has 0 aliphatic carbocycles. The van der Waals surface area contributed by atoms with E-state index in [1.807, 2.05) is 0 Å². The zero-order valence-corrected chi connectivity index (χ0v) is 13.6. The average molecular weight is 270 g/mol. The Labute approximate surface area is 113 Å². The smallest absolute Gasteiger partial charge is 0.0875 e. The Morgan fingerprint density at radius 1 is 1.18 bits per heavy atom. The van der Waals surface area contributed by atoms with Crippen LogP contribution in [0.25, 0.3) is 0 Å². The zero-order chi connectivity index (χ0) is 12.9. The summed E-state index contributed by atoms with van der Waals surface area (Å²) in [6.45, 7) is 11.0. The molecule has 0 aliphatic rings. The Hall–Kier alpha value is -0.313. The van der Waals surface area contributed by atoms with E-state index in [1.165, 1.54) is 5.19 Å². The highest BCUT2D eigenvalue weighted by atomic mass is 35.5. The van der Waals surface area contributed by atoms with Crippen LogP contribution in [-0.4, -0.2) is 33.0 Å². The maximum atomic E-state index is 6.65. The minimum Gasteiger partial charge on any atom is -0.288 e. The molecule has 0 saturated heterocycles. The second kappa shape index (κ2) is 6.57. The number of hydrogen-bond acceptors (Lipinski definition) is 1. The molecule has 1 unspecified atom stereocenters. The molecule has 0 N–H and O–H groups in total. The number of alkyl halides is 1. The third-order valence-electron chi connectivity index (χ3n) is 3.28. The van der Waals surface area contributed by atoms with Gasteiger partial charge in [0, 0.05) is 0 Å². The minimum absolute atomic E-state index is 0.143. The van der Waals surface area contributed by atoms with Crippen molar-refractivity contribution in [3.63, 3.8) is 0 Å². The molecule has 96 valence electrons. The van der Waals surface area contributed by atoms with Crippen molar-refractivity contribution in [1.29, 1.82) is 0 Å². The normalized spacial score (nSPS) is 14.7. The summed E-state index contributed by atoms with van der Waals surface area (Å²) in [7, 11) is -0.366.